The standard InChI is InChI=1S/C19H26FIN2O2/c1-2-25-19(24)14-5-9-22(10-6-14)16-7-11-23(12-8-16)18-4-3-15(21)13-17(18)20/h3-4,13-14,16H,2,5-12H2,1H3. The summed E-state index contributed by atoms with van der Waals surface area (Å²) >= 11 is 2.14. The number of hydrogen-bond acceptors (Lipinski definition) is 4. The summed E-state index contributed by atoms with van der Waals surface area (Å²) in [5.74, 6) is -0.0936. The van der Waals surface area contributed by atoms with Gasteiger partial charge in [0.1, 0.15) is 5.82 Å². The van der Waals surface area contributed by atoms with E-state index < -0.39 is 0 Å². The first kappa shape index (κ1) is 18.9. The number of piperidine rings is 2. The van der Waals surface area contributed by atoms with Gasteiger partial charge in [-0.2, -0.15) is 0 Å². The van der Waals surface area contributed by atoms with Crippen LogP contribution in [0.2, 0.25) is 0 Å². The zero-order valence-electron chi connectivity index (χ0n) is 14.7. The first-order valence-corrected chi connectivity index (χ1v) is 10.3. The van der Waals surface area contributed by atoms with Crippen molar-refractivity contribution in [3.8, 4) is 0 Å². The van der Waals surface area contributed by atoms with Gasteiger partial charge in [0.05, 0.1) is 18.2 Å². The van der Waals surface area contributed by atoms with Crippen molar-refractivity contribution in [2.24, 2.45) is 5.92 Å². The van der Waals surface area contributed by atoms with Crippen LogP contribution in [0.5, 0.6) is 0 Å². The van der Waals surface area contributed by atoms with Gasteiger partial charge in [-0.05, 0) is 86.5 Å². The Labute approximate surface area is 162 Å². The summed E-state index contributed by atoms with van der Waals surface area (Å²) in [6.07, 6.45) is 3.89. The number of hydrogen-bond donors (Lipinski definition) is 0. The molecule has 1 aromatic rings. The Morgan fingerprint density at radius 3 is 2.48 bits per heavy atom. The van der Waals surface area contributed by atoms with E-state index in [0.29, 0.717) is 12.6 Å². The van der Waals surface area contributed by atoms with E-state index in [0.717, 1.165) is 61.1 Å². The number of rotatable bonds is 4. The largest absolute Gasteiger partial charge is 0.466 e. The maximum Gasteiger partial charge on any atom is 0.309 e. The van der Waals surface area contributed by atoms with Crippen molar-refractivity contribution in [2.75, 3.05) is 37.7 Å². The Hall–Kier alpha value is -0.890. The third kappa shape index (κ3) is 4.64. The van der Waals surface area contributed by atoms with E-state index in [1.54, 1.807) is 6.07 Å². The summed E-state index contributed by atoms with van der Waals surface area (Å²) in [6, 6.07) is 6.00. The Kier molecular flexibility index (Phi) is 6.55. The molecule has 0 amide bonds. The molecule has 0 unspecified atom stereocenters. The fourth-order valence-electron chi connectivity index (χ4n) is 3.97. The number of nitrogens with zero attached hydrogens (tertiary/aromatic N) is 2. The van der Waals surface area contributed by atoms with Gasteiger partial charge >= 0.3 is 5.97 Å². The lowest BCUT2D eigenvalue weighted by Gasteiger charge is -2.42. The Bertz CT molecular complexity index is 597. The van der Waals surface area contributed by atoms with E-state index in [4.69, 9.17) is 4.74 Å². The number of carbonyl (C=O) groups is 1. The van der Waals surface area contributed by atoms with Crippen molar-refractivity contribution in [1.82, 2.24) is 4.90 Å². The molecule has 0 saturated carbocycles. The maximum atomic E-state index is 14.2. The maximum absolute atomic E-state index is 14.2. The minimum absolute atomic E-state index is 0.0360. The van der Waals surface area contributed by atoms with E-state index in [9.17, 15) is 9.18 Å². The normalized spacial score (nSPS) is 20.7. The molecule has 0 atom stereocenters. The molecule has 2 saturated heterocycles. The summed E-state index contributed by atoms with van der Waals surface area (Å²) in [5, 5.41) is 0. The molecular weight excluding hydrogens is 434 g/mol. The van der Waals surface area contributed by atoms with Gasteiger partial charge < -0.3 is 14.5 Å². The second kappa shape index (κ2) is 8.66. The smallest absolute Gasteiger partial charge is 0.309 e. The number of ether oxygens (including phenoxy) is 1. The van der Waals surface area contributed by atoms with E-state index in [-0.39, 0.29) is 17.7 Å². The Balaban J connectivity index is 1.49. The molecule has 25 heavy (non-hydrogen) atoms. The van der Waals surface area contributed by atoms with Gasteiger partial charge in [0.25, 0.3) is 0 Å². The SMILES string of the molecule is CCOC(=O)C1CCN(C2CCN(c3ccc(I)cc3F)CC2)CC1. The second-order valence-corrected chi connectivity index (χ2v) is 8.12. The van der Waals surface area contributed by atoms with Crippen LogP contribution < -0.4 is 4.90 Å². The zero-order chi connectivity index (χ0) is 17.8. The lowest BCUT2D eigenvalue weighted by atomic mass is 9.93. The minimum Gasteiger partial charge on any atom is -0.466 e. The van der Waals surface area contributed by atoms with E-state index >= 15 is 0 Å². The second-order valence-electron chi connectivity index (χ2n) is 6.88. The molecule has 1 aromatic carbocycles. The van der Waals surface area contributed by atoms with Crippen LogP contribution in [0, 0.1) is 15.3 Å². The molecule has 0 spiro atoms. The number of benzene rings is 1. The van der Waals surface area contributed by atoms with Crippen LogP contribution >= 0.6 is 22.6 Å². The number of carbonyl (C=O) groups excluding carboxylic acids is 1. The molecule has 0 N–H and O–H groups in total. The Morgan fingerprint density at radius 1 is 1.20 bits per heavy atom. The van der Waals surface area contributed by atoms with E-state index in [1.807, 2.05) is 19.1 Å². The van der Waals surface area contributed by atoms with Crippen molar-refractivity contribution in [2.45, 2.75) is 38.6 Å². The van der Waals surface area contributed by atoms with Gasteiger partial charge in [-0.15, -0.1) is 0 Å². The lowest BCUT2D eigenvalue weighted by molar-refractivity contribution is -0.149. The average molecular weight is 460 g/mol. The fraction of sp³-hybridized carbons (Fsp3) is 0.632. The molecule has 0 radical (unpaired) electrons. The molecule has 138 valence electrons. The van der Waals surface area contributed by atoms with Gasteiger partial charge in [-0.1, -0.05) is 0 Å². The molecule has 2 aliphatic rings. The quantitative estimate of drug-likeness (QED) is 0.507. The molecule has 3 rings (SSSR count). The summed E-state index contributed by atoms with van der Waals surface area (Å²) in [7, 11) is 0. The molecule has 6 heteroatoms. The van der Waals surface area contributed by atoms with E-state index in [1.165, 1.54) is 0 Å². The summed E-state index contributed by atoms with van der Waals surface area (Å²) in [6.45, 7) is 6.03. The third-order valence-corrected chi connectivity index (χ3v) is 6.05. The van der Waals surface area contributed by atoms with Crippen LogP contribution in [0.4, 0.5) is 10.1 Å². The highest BCUT2D eigenvalue weighted by Crippen LogP contribution is 2.28. The monoisotopic (exact) mass is 460 g/mol. The molecule has 0 aliphatic carbocycles. The van der Waals surface area contributed by atoms with Crippen molar-refractivity contribution < 1.29 is 13.9 Å². The fourth-order valence-corrected chi connectivity index (χ4v) is 4.42. The average Bonchev–Trinajstić information content (AvgIpc) is 2.62. The zero-order valence-corrected chi connectivity index (χ0v) is 16.9. The number of anilines is 1. The van der Waals surface area contributed by atoms with Crippen LogP contribution in [-0.2, 0) is 9.53 Å². The Morgan fingerprint density at radius 2 is 1.88 bits per heavy atom. The van der Waals surface area contributed by atoms with Crippen LogP contribution in [-0.4, -0.2) is 49.7 Å². The number of likely N-dealkylation sites (tertiary alicyclic amines) is 1. The minimum atomic E-state index is -0.124. The van der Waals surface area contributed by atoms with Crippen molar-refractivity contribution in [3.05, 3.63) is 27.6 Å². The third-order valence-electron chi connectivity index (χ3n) is 5.38. The summed E-state index contributed by atoms with van der Waals surface area (Å²) in [5.41, 5.74) is 0.722. The van der Waals surface area contributed by atoms with Crippen molar-refractivity contribution in [1.29, 1.82) is 0 Å². The molecule has 2 heterocycles. The van der Waals surface area contributed by atoms with Gasteiger partial charge in [0.2, 0.25) is 0 Å². The van der Waals surface area contributed by atoms with Crippen molar-refractivity contribution in [3.63, 3.8) is 0 Å². The molecule has 4 nitrogen and oxygen atoms in total. The highest BCUT2D eigenvalue weighted by atomic mass is 127. The molecule has 0 aromatic heterocycles. The topological polar surface area (TPSA) is 32.8 Å². The van der Waals surface area contributed by atoms with Gasteiger partial charge in [-0.3, -0.25) is 4.79 Å². The summed E-state index contributed by atoms with van der Waals surface area (Å²) in [4.78, 5) is 16.5. The van der Waals surface area contributed by atoms with Crippen LogP contribution in [0.1, 0.15) is 32.6 Å². The predicted molar refractivity (Wildman–Crippen MR) is 105 cm³/mol. The van der Waals surface area contributed by atoms with E-state index in [2.05, 4.69) is 32.4 Å². The molecule has 2 fully saturated rings. The van der Waals surface area contributed by atoms with Gasteiger partial charge in [0.15, 0.2) is 0 Å². The van der Waals surface area contributed by atoms with Crippen LogP contribution in [0.15, 0.2) is 18.2 Å². The van der Waals surface area contributed by atoms with Gasteiger partial charge in [-0.25, -0.2) is 4.39 Å². The predicted octanol–water partition coefficient (Wildman–Crippen LogP) is 3.67. The number of halogens is 2. The first-order valence-electron chi connectivity index (χ1n) is 9.19. The van der Waals surface area contributed by atoms with Gasteiger partial charge in [0, 0.05) is 22.7 Å². The lowest BCUT2D eigenvalue weighted by Crippen LogP contribution is -2.48. The van der Waals surface area contributed by atoms with Crippen LogP contribution in [0.3, 0.4) is 0 Å². The molecular formula is C19H26FIN2O2. The molecule has 2 aliphatic heterocycles. The molecule has 0 bridgehead atoms. The van der Waals surface area contributed by atoms with Crippen LogP contribution in [0.25, 0.3) is 0 Å². The summed E-state index contributed by atoms with van der Waals surface area (Å²) < 4.78 is 20.2. The highest BCUT2D eigenvalue weighted by molar-refractivity contribution is 14.1. The number of esters is 1. The van der Waals surface area contributed by atoms with Crippen molar-refractivity contribution >= 4 is 34.2 Å². The highest BCUT2D eigenvalue weighted by Gasteiger charge is 2.31. The first-order chi connectivity index (χ1) is 12.1.